The largest absolute Gasteiger partial charge is 0.444 e. The summed E-state index contributed by atoms with van der Waals surface area (Å²) in [6.07, 6.45) is 2.26. The summed E-state index contributed by atoms with van der Waals surface area (Å²) < 4.78 is 20.4. The highest BCUT2D eigenvalue weighted by molar-refractivity contribution is 5.95. The fourth-order valence-electron chi connectivity index (χ4n) is 4.39. The normalized spacial score (nSPS) is 14.3. The highest BCUT2D eigenvalue weighted by atomic mass is 19.1. The standard InChI is InChI=1S/C27H30FN5O5/c1-27(2,3)38-26(35)31-14-12-19(13-15-31)24-23(25(34)29-16-18-4-6-20(28)7-5-18)17-30-32(24)21-8-10-22(11-9-21)33(36)37/h4-11,17,19H,12-16H2,1-3H3,(H,29,34). The number of nitrogens with zero attached hydrogens (tertiary/aromatic N) is 4. The molecular formula is C27H30FN5O5. The van der Waals surface area contributed by atoms with E-state index in [0.717, 1.165) is 5.56 Å². The predicted molar refractivity (Wildman–Crippen MR) is 138 cm³/mol. The Balaban J connectivity index is 1.58. The molecule has 1 fully saturated rings. The summed E-state index contributed by atoms with van der Waals surface area (Å²) in [6, 6.07) is 11.8. The van der Waals surface area contributed by atoms with E-state index < -0.39 is 10.5 Å². The minimum atomic E-state index is -0.599. The molecule has 0 spiro atoms. The fraction of sp³-hybridized carbons (Fsp3) is 0.370. The van der Waals surface area contributed by atoms with Gasteiger partial charge >= 0.3 is 6.09 Å². The van der Waals surface area contributed by atoms with Crippen molar-refractivity contribution in [2.24, 2.45) is 0 Å². The number of ether oxygens (including phenoxy) is 1. The molecule has 0 aliphatic carbocycles. The number of nitro groups is 1. The van der Waals surface area contributed by atoms with Gasteiger partial charge in [0, 0.05) is 37.7 Å². The maximum atomic E-state index is 13.3. The summed E-state index contributed by atoms with van der Waals surface area (Å²) in [6.45, 7) is 6.55. The van der Waals surface area contributed by atoms with Gasteiger partial charge in [0.25, 0.3) is 11.6 Å². The lowest BCUT2D eigenvalue weighted by Gasteiger charge is -2.34. The molecule has 0 unspecified atom stereocenters. The molecule has 0 radical (unpaired) electrons. The molecule has 200 valence electrons. The molecule has 0 saturated carbocycles. The zero-order valence-electron chi connectivity index (χ0n) is 21.5. The lowest BCUT2D eigenvalue weighted by Crippen LogP contribution is -2.41. The number of carbonyl (C=O) groups is 2. The van der Waals surface area contributed by atoms with Crippen molar-refractivity contribution in [3.05, 3.63) is 87.5 Å². The third-order valence-corrected chi connectivity index (χ3v) is 6.26. The lowest BCUT2D eigenvalue weighted by molar-refractivity contribution is -0.384. The SMILES string of the molecule is CC(C)(C)OC(=O)N1CCC(c2c(C(=O)NCc3ccc(F)cc3)cnn2-c2ccc([N+](=O)[O-])cc2)CC1. The van der Waals surface area contributed by atoms with Crippen LogP contribution in [0.25, 0.3) is 5.69 Å². The van der Waals surface area contributed by atoms with Crippen LogP contribution in [-0.2, 0) is 11.3 Å². The number of carbonyl (C=O) groups excluding carboxylic acids is 2. The van der Waals surface area contributed by atoms with Gasteiger partial charge in [-0.3, -0.25) is 14.9 Å². The van der Waals surface area contributed by atoms with E-state index in [-0.39, 0.29) is 36.0 Å². The van der Waals surface area contributed by atoms with E-state index in [2.05, 4.69) is 10.4 Å². The smallest absolute Gasteiger partial charge is 0.410 e. The van der Waals surface area contributed by atoms with Crippen LogP contribution < -0.4 is 5.32 Å². The first-order chi connectivity index (χ1) is 18.0. The zero-order chi connectivity index (χ0) is 27.4. The van der Waals surface area contributed by atoms with E-state index in [9.17, 15) is 24.1 Å². The Morgan fingerprint density at radius 1 is 1.11 bits per heavy atom. The molecule has 2 aromatic carbocycles. The molecule has 0 atom stereocenters. The zero-order valence-corrected chi connectivity index (χ0v) is 21.5. The first kappa shape index (κ1) is 26.8. The van der Waals surface area contributed by atoms with Crippen molar-refractivity contribution in [2.45, 2.75) is 51.7 Å². The van der Waals surface area contributed by atoms with Gasteiger partial charge in [-0.1, -0.05) is 12.1 Å². The molecule has 1 aliphatic heterocycles. The average Bonchev–Trinajstić information content (AvgIpc) is 3.32. The Kier molecular flexibility index (Phi) is 7.75. The van der Waals surface area contributed by atoms with Crippen LogP contribution >= 0.6 is 0 Å². The van der Waals surface area contributed by atoms with Crippen LogP contribution in [0.3, 0.4) is 0 Å². The van der Waals surface area contributed by atoms with Crippen LogP contribution in [0.4, 0.5) is 14.9 Å². The molecule has 1 N–H and O–H groups in total. The number of nitrogens with one attached hydrogen (secondary N) is 1. The Hall–Kier alpha value is -4.28. The van der Waals surface area contributed by atoms with Crippen molar-refractivity contribution in [1.29, 1.82) is 0 Å². The molecular weight excluding hydrogens is 493 g/mol. The van der Waals surface area contributed by atoms with E-state index in [1.165, 1.54) is 30.5 Å². The number of likely N-dealkylation sites (tertiary alicyclic amines) is 1. The minimum absolute atomic E-state index is 0.0506. The fourth-order valence-corrected chi connectivity index (χ4v) is 4.39. The molecule has 1 aromatic heterocycles. The monoisotopic (exact) mass is 523 g/mol. The number of amides is 2. The van der Waals surface area contributed by atoms with Gasteiger partial charge in [-0.2, -0.15) is 5.10 Å². The van der Waals surface area contributed by atoms with Crippen LogP contribution in [0.15, 0.2) is 54.7 Å². The molecule has 2 heterocycles. The quantitative estimate of drug-likeness (QED) is 0.360. The third kappa shape index (κ3) is 6.34. The minimum Gasteiger partial charge on any atom is -0.444 e. The number of halogens is 1. The van der Waals surface area contributed by atoms with E-state index in [1.54, 1.807) is 33.8 Å². The van der Waals surface area contributed by atoms with Crippen molar-refractivity contribution in [3.63, 3.8) is 0 Å². The van der Waals surface area contributed by atoms with Gasteiger partial charge in [0.05, 0.1) is 28.1 Å². The number of benzene rings is 2. The molecule has 0 bridgehead atoms. The van der Waals surface area contributed by atoms with Crippen molar-refractivity contribution in [2.75, 3.05) is 13.1 Å². The van der Waals surface area contributed by atoms with Crippen molar-refractivity contribution in [1.82, 2.24) is 20.0 Å². The summed E-state index contributed by atoms with van der Waals surface area (Å²) in [5.41, 5.74) is 1.72. The van der Waals surface area contributed by atoms with Crippen molar-refractivity contribution >= 4 is 17.7 Å². The summed E-state index contributed by atoms with van der Waals surface area (Å²) in [7, 11) is 0. The molecule has 2 amide bonds. The van der Waals surface area contributed by atoms with Gasteiger partial charge < -0.3 is 15.0 Å². The number of aromatic nitrogens is 2. The van der Waals surface area contributed by atoms with Gasteiger partial charge in [-0.05, 0) is 63.4 Å². The van der Waals surface area contributed by atoms with Crippen LogP contribution in [-0.4, -0.2) is 50.3 Å². The van der Waals surface area contributed by atoms with E-state index >= 15 is 0 Å². The Morgan fingerprint density at radius 3 is 2.32 bits per heavy atom. The number of non-ortho nitro benzene ring substituents is 1. The molecule has 10 nitrogen and oxygen atoms in total. The summed E-state index contributed by atoms with van der Waals surface area (Å²) >= 11 is 0. The number of rotatable bonds is 6. The van der Waals surface area contributed by atoms with Gasteiger partial charge in [0.1, 0.15) is 11.4 Å². The molecule has 11 heteroatoms. The number of hydrogen-bond acceptors (Lipinski definition) is 6. The summed E-state index contributed by atoms with van der Waals surface area (Å²) in [5.74, 6) is -0.797. The second-order valence-electron chi connectivity index (χ2n) is 10.2. The Bertz CT molecular complexity index is 1310. The molecule has 1 saturated heterocycles. The van der Waals surface area contributed by atoms with Crippen molar-refractivity contribution in [3.8, 4) is 5.69 Å². The number of nitro benzene ring substituents is 1. The van der Waals surface area contributed by atoms with E-state index in [4.69, 9.17) is 4.74 Å². The predicted octanol–water partition coefficient (Wildman–Crippen LogP) is 4.96. The Labute approximate surface area is 219 Å². The second-order valence-corrected chi connectivity index (χ2v) is 10.2. The lowest BCUT2D eigenvalue weighted by atomic mass is 9.90. The highest BCUT2D eigenvalue weighted by Gasteiger charge is 2.32. The highest BCUT2D eigenvalue weighted by Crippen LogP contribution is 2.33. The summed E-state index contributed by atoms with van der Waals surface area (Å²) in [4.78, 5) is 38.1. The first-order valence-corrected chi connectivity index (χ1v) is 12.3. The van der Waals surface area contributed by atoms with Gasteiger partial charge in [0.2, 0.25) is 0 Å². The molecule has 38 heavy (non-hydrogen) atoms. The van der Waals surface area contributed by atoms with Gasteiger partial charge in [-0.25, -0.2) is 13.9 Å². The molecule has 3 aromatic rings. The van der Waals surface area contributed by atoms with Crippen LogP contribution in [0.1, 0.15) is 61.1 Å². The third-order valence-electron chi connectivity index (χ3n) is 6.26. The van der Waals surface area contributed by atoms with Gasteiger partial charge in [0.15, 0.2) is 0 Å². The Morgan fingerprint density at radius 2 is 1.74 bits per heavy atom. The van der Waals surface area contributed by atoms with Gasteiger partial charge in [-0.15, -0.1) is 0 Å². The van der Waals surface area contributed by atoms with Crippen LogP contribution in [0, 0.1) is 15.9 Å². The topological polar surface area (TPSA) is 120 Å². The van der Waals surface area contributed by atoms with Crippen molar-refractivity contribution < 1.29 is 23.6 Å². The molecule has 4 rings (SSSR count). The number of hydrogen-bond donors (Lipinski definition) is 1. The number of piperidine rings is 1. The average molecular weight is 524 g/mol. The molecule has 1 aliphatic rings. The summed E-state index contributed by atoms with van der Waals surface area (Å²) in [5, 5.41) is 18.4. The van der Waals surface area contributed by atoms with Crippen LogP contribution in [0.2, 0.25) is 0 Å². The second kappa shape index (κ2) is 11.0. The maximum absolute atomic E-state index is 13.3. The van der Waals surface area contributed by atoms with Crippen LogP contribution in [0.5, 0.6) is 0 Å². The van der Waals surface area contributed by atoms with E-state index in [1.807, 2.05) is 20.8 Å². The maximum Gasteiger partial charge on any atom is 0.410 e. The first-order valence-electron chi connectivity index (χ1n) is 12.3. The van der Waals surface area contributed by atoms with E-state index in [0.29, 0.717) is 42.9 Å².